The first-order valence-electron chi connectivity index (χ1n) is 10.1. The number of para-hydroxylation sites is 1. The number of hydrogen-bond acceptors (Lipinski definition) is 4. The standard InChI is InChI=1S/C23H22F2N6O/c1-30-14-19(22(29-30)18-10-9-15(24)12-20(18)25)23(32)27-11-5-6-16-13-21(26)31(28-16)17-7-3-2-4-8-17/h2-4,7-10,12-14H,5-6,11,26H2,1H3,(H,27,32). The monoisotopic (exact) mass is 436 g/mol. The number of carbonyl (C=O) groups is 1. The molecule has 4 aromatic rings. The Morgan fingerprint density at radius 3 is 2.62 bits per heavy atom. The molecule has 9 heteroatoms. The lowest BCUT2D eigenvalue weighted by Crippen LogP contribution is -2.25. The molecule has 1 amide bonds. The molecule has 0 saturated heterocycles. The Kier molecular flexibility index (Phi) is 5.98. The zero-order valence-corrected chi connectivity index (χ0v) is 17.4. The second-order valence-corrected chi connectivity index (χ2v) is 7.36. The van der Waals surface area contributed by atoms with Crippen LogP contribution in [0.3, 0.4) is 0 Å². The van der Waals surface area contributed by atoms with Crippen molar-refractivity contribution in [1.29, 1.82) is 0 Å². The summed E-state index contributed by atoms with van der Waals surface area (Å²) in [7, 11) is 1.63. The van der Waals surface area contributed by atoms with Gasteiger partial charge in [0, 0.05) is 37.5 Å². The maximum absolute atomic E-state index is 14.2. The van der Waals surface area contributed by atoms with Crippen molar-refractivity contribution in [3.8, 4) is 16.9 Å². The number of nitrogens with two attached hydrogens (primary N) is 1. The van der Waals surface area contributed by atoms with Crippen LogP contribution in [0.5, 0.6) is 0 Å². The molecule has 2 aromatic carbocycles. The summed E-state index contributed by atoms with van der Waals surface area (Å²) in [6.07, 6.45) is 2.77. The highest BCUT2D eigenvalue weighted by Crippen LogP contribution is 2.25. The van der Waals surface area contributed by atoms with Crippen molar-refractivity contribution in [3.63, 3.8) is 0 Å². The van der Waals surface area contributed by atoms with Gasteiger partial charge in [-0.25, -0.2) is 13.5 Å². The maximum atomic E-state index is 14.2. The third-order valence-electron chi connectivity index (χ3n) is 4.94. The molecule has 0 aliphatic rings. The van der Waals surface area contributed by atoms with Crippen molar-refractivity contribution < 1.29 is 13.6 Å². The fourth-order valence-corrected chi connectivity index (χ4v) is 3.45. The molecule has 0 unspecified atom stereocenters. The van der Waals surface area contributed by atoms with Gasteiger partial charge < -0.3 is 11.1 Å². The van der Waals surface area contributed by atoms with E-state index in [4.69, 9.17) is 5.73 Å². The lowest BCUT2D eigenvalue weighted by Gasteiger charge is -2.06. The van der Waals surface area contributed by atoms with E-state index in [0.717, 1.165) is 23.5 Å². The molecule has 164 valence electrons. The highest BCUT2D eigenvalue weighted by atomic mass is 19.1. The van der Waals surface area contributed by atoms with Gasteiger partial charge in [-0.3, -0.25) is 9.48 Å². The molecular formula is C23H22F2N6O. The highest BCUT2D eigenvalue weighted by molar-refractivity contribution is 5.99. The largest absolute Gasteiger partial charge is 0.384 e. The van der Waals surface area contributed by atoms with Crippen molar-refractivity contribution in [2.45, 2.75) is 12.8 Å². The Morgan fingerprint density at radius 1 is 1.09 bits per heavy atom. The Morgan fingerprint density at radius 2 is 1.88 bits per heavy atom. The van der Waals surface area contributed by atoms with Crippen LogP contribution in [0.4, 0.5) is 14.6 Å². The number of aryl methyl sites for hydroxylation is 2. The predicted molar refractivity (Wildman–Crippen MR) is 117 cm³/mol. The van der Waals surface area contributed by atoms with Crippen LogP contribution in [-0.4, -0.2) is 32.0 Å². The zero-order chi connectivity index (χ0) is 22.7. The summed E-state index contributed by atoms with van der Waals surface area (Å²) in [5.74, 6) is -1.31. The van der Waals surface area contributed by atoms with Crippen LogP contribution in [0.2, 0.25) is 0 Å². The Balaban J connectivity index is 1.38. The zero-order valence-electron chi connectivity index (χ0n) is 17.4. The van der Waals surface area contributed by atoms with E-state index in [2.05, 4.69) is 15.5 Å². The minimum absolute atomic E-state index is 0.0686. The summed E-state index contributed by atoms with van der Waals surface area (Å²) in [5, 5.41) is 11.5. The summed E-state index contributed by atoms with van der Waals surface area (Å²) in [6, 6.07) is 14.6. The normalized spacial score (nSPS) is 11.0. The topological polar surface area (TPSA) is 90.8 Å². The van der Waals surface area contributed by atoms with Gasteiger partial charge in [0.05, 0.1) is 16.9 Å². The molecular weight excluding hydrogens is 414 g/mol. The van der Waals surface area contributed by atoms with E-state index in [9.17, 15) is 13.6 Å². The number of rotatable bonds is 7. The van der Waals surface area contributed by atoms with Gasteiger partial charge in [-0.2, -0.15) is 10.2 Å². The Labute approximate surface area is 183 Å². The highest BCUT2D eigenvalue weighted by Gasteiger charge is 2.20. The summed E-state index contributed by atoms with van der Waals surface area (Å²) in [4.78, 5) is 12.7. The van der Waals surface area contributed by atoms with Crippen LogP contribution in [0.1, 0.15) is 22.5 Å². The van der Waals surface area contributed by atoms with E-state index in [0.29, 0.717) is 25.2 Å². The molecule has 0 atom stereocenters. The fourth-order valence-electron chi connectivity index (χ4n) is 3.45. The number of carbonyl (C=O) groups excluding carboxylic acids is 1. The molecule has 2 heterocycles. The summed E-state index contributed by atoms with van der Waals surface area (Å²) in [5.41, 5.74) is 8.21. The molecule has 0 fully saturated rings. The van der Waals surface area contributed by atoms with Crippen LogP contribution in [0.25, 0.3) is 16.9 Å². The molecule has 2 aromatic heterocycles. The molecule has 0 aliphatic heterocycles. The first-order valence-corrected chi connectivity index (χ1v) is 10.1. The van der Waals surface area contributed by atoms with E-state index in [-0.39, 0.29) is 22.7 Å². The van der Waals surface area contributed by atoms with Crippen LogP contribution in [0, 0.1) is 11.6 Å². The number of nitrogen functional groups attached to an aromatic ring is 1. The number of halogens is 2. The minimum atomic E-state index is -0.774. The van der Waals surface area contributed by atoms with Gasteiger partial charge in [0.1, 0.15) is 23.1 Å². The van der Waals surface area contributed by atoms with Gasteiger partial charge in [-0.15, -0.1) is 0 Å². The second-order valence-electron chi connectivity index (χ2n) is 7.36. The van der Waals surface area contributed by atoms with Gasteiger partial charge in [0.2, 0.25) is 0 Å². The van der Waals surface area contributed by atoms with Gasteiger partial charge in [-0.1, -0.05) is 18.2 Å². The summed E-state index contributed by atoms with van der Waals surface area (Å²) >= 11 is 0. The number of nitrogens with one attached hydrogen (secondary N) is 1. The lowest BCUT2D eigenvalue weighted by molar-refractivity contribution is 0.0953. The SMILES string of the molecule is Cn1cc(C(=O)NCCCc2cc(N)n(-c3ccccc3)n2)c(-c2ccc(F)cc2F)n1. The number of hydrogen-bond donors (Lipinski definition) is 2. The number of benzene rings is 2. The summed E-state index contributed by atoms with van der Waals surface area (Å²) < 4.78 is 30.5. The van der Waals surface area contributed by atoms with Gasteiger partial charge >= 0.3 is 0 Å². The maximum Gasteiger partial charge on any atom is 0.255 e. The lowest BCUT2D eigenvalue weighted by atomic mass is 10.1. The Hall–Kier alpha value is -4.01. The van der Waals surface area contributed by atoms with Crippen LogP contribution >= 0.6 is 0 Å². The van der Waals surface area contributed by atoms with Crippen molar-refractivity contribution in [3.05, 3.63) is 83.7 Å². The third kappa shape index (κ3) is 4.51. The van der Waals surface area contributed by atoms with Crippen LogP contribution in [-0.2, 0) is 13.5 Å². The van der Waals surface area contributed by atoms with E-state index in [1.807, 2.05) is 36.4 Å². The number of anilines is 1. The van der Waals surface area contributed by atoms with Gasteiger partial charge in [-0.05, 0) is 37.1 Å². The molecule has 0 spiro atoms. The number of amides is 1. The van der Waals surface area contributed by atoms with E-state index >= 15 is 0 Å². The van der Waals surface area contributed by atoms with E-state index in [1.54, 1.807) is 11.7 Å². The number of aromatic nitrogens is 4. The molecule has 0 bridgehead atoms. The van der Waals surface area contributed by atoms with E-state index in [1.165, 1.54) is 16.9 Å². The Bertz CT molecular complexity index is 1250. The molecule has 4 rings (SSSR count). The van der Waals surface area contributed by atoms with Crippen LogP contribution in [0.15, 0.2) is 60.8 Å². The first kappa shape index (κ1) is 21.2. The van der Waals surface area contributed by atoms with E-state index < -0.39 is 11.6 Å². The minimum Gasteiger partial charge on any atom is -0.384 e. The van der Waals surface area contributed by atoms with Gasteiger partial charge in [0.25, 0.3) is 5.91 Å². The molecule has 7 nitrogen and oxygen atoms in total. The molecule has 3 N–H and O–H groups in total. The fraction of sp³-hybridized carbons (Fsp3) is 0.174. The molecule has 0 aliphatic carbocycles. The van der Waals surface area contributed by atoms with Crippen molar-refractivity contribution >= 4 is 11.7 Å². The quantitative estimate of drug-likeness (QED) is 0.434. The average Bonchev–Trinajstić information content (AvgIpc) is 3.34. The van der Waals surface area contributed by atoms with Crippen molar-refractivity contribution in [2.24, 2.45) is 7.05 Å². The van der Waals surface area contributed by atoms with Crippen molar-refractivity contribution in [2.75, 3.05) is 12.3 Å². The number of nitrogens with zero attached hydrogens (tertiary/aromatic N) is 4. The third-order valence-corrected chi connectivity index (χ3v) is 4.94. The smallest absolute Gasteiger partial charge is 0.255 e. The van der Waals surface area contributed by atoms with Crippen molar-refractivity contribution in [1.82, 2.24) is 24.9 Å². The molecule has 0 radical (unpaired) electrons. The second kappa shape index (κ2) is 9.01. The average molecular weight is 436 g/mol. The van der Waals surface area contributed by atoms with Gasteiger partial charge in [0.15, 0.2) is 0 Å². The molecule has 32 heavy (non-hydrogen) atoms. The summed E-state index contributed by atoms with van der Waals surface area (Å²) in [6.45, 7) is 0.386. The molecule has 0 saturated carbocycles. The first-order chi connectivity index (χ1) is 15.4. The van der Waals surface area contributed by atoms with Crippen LogP contribution < -0.4 is 11.1 Å². The predicted octanol–water partition coefficient (Wildman–Crippen LogP) is 3.50.